The van der Waals surface area contributed by atoms with Crippen LogP contribution in [-0.4, -0.2) is 51.1 Å². The molecule has 7 nitrogen and oxygen atoms in total. The molecule has 2 aromatic heterocycles. The highest BCUT2D eigenvalue weighted by atomic mass is 32.1. The van der Waals surface area contributed by atoms with E-state index in [-0.39, 0.29) is 12.4 Å². The fourth-order valence-electron chi connectivity index (χ4n) is 3.93. The van der Waals surface area contributed by atoms with Crippen molar-refractivity contribution in [3.05, 3.63) is 34.6 Å². The Morgan fingerprint density at radius 3 is 2.33 bits per heavy atom. The van der Waals surface area contributed by atoms with Gasteiger partial charge in [-0.1, -0.05) is 0 Å². The van der Waals surface area contributed by atoms with Crippen LogP contribution in [0.4, 0.5) is 0 Å². The highest BCUT2D eigenvalue weighted by Crippen LogP contribution is 2.45. The van der Waals surface area contributed by atoms with Crippen LogP contribution in [0.25, 0.3) is 31.1 Å². The third-order valence-corrected chi connectivity index (χ3v) is 6.62. The topological polar surface area (TPSA) is 62.2 Å². The number of likely N-dealkylation sites (N-methyl/N-ethyl adjacent to an activating group) is 1. The first-order chi connectivity index (χ1) is 14.5. The summed E-state index contributed by atoms with van der Waals surface area (Å²) in [6.45, 7) is 1.54. The van der Waals surface area contributed by atoms with Gasteiger partial charge in [0.1, 0.15) is 0 Å². The van der Waals surface area contributed by atoms with E-state index >= 15 is 0 Å². The van der Waals surface area contributed by atoms with Gasteiger partial charge in [-0.3, -0.25) is 4.79 Å². The quantitative estimate of drug-likeness (QED) is 0.485. The van der Waals surface area contributed by atoms with E-state index in [1.165, 1.54) is 0 Å². The number of hydrogen-bond acceptors (Lipinski definition) is 7. The highest BCUT2D eigenvalue weighted by Gasteiger charge is 2.22. The van der Waals surface area contributed by atoms with Crippen LogP contribution in [0.1, 0.15) is 0 Å². The summed E-state index contributed by atoms with van der Waals surface area (Å²) in [7, 11) is 7.18. The highest BCUT2D eigenvalue weighted by molar-refractivity contribution is 7.26. The number of ether oxygens (including phenoxy) is 4. The average molecular weight is 426 g/mol. The van der Waals surface area contributed by atoms with Crippen LogP contribution >= 0.6 is 11.3 Å². The van der Waals surface area contributed by atoms with E-state index in [2.05, 4.69) is 4.90 Å². The molecule has 0 bridgehead atoms. The van der Waals surface area contributed by atoms with Gasteiger partial charge in [0.25, 0.3) is 5.56 Å². The van der Waals surface area contributed by atoms with Gasteiger partial charge in [0.05, 0.1) is 29.8 Å². The molecule has 0 aliphatic carbocycles. The Bertz CT molecular complexity index is 1360. The zero-order chi connectivity index (χ0) is 21.0. The lowest BCUT2D eigenvalue weighted by Gasteiger charge is -2.15. The molecule has 0 atom stereocenters. The van der Waals surface area contributed by atoms with Crippen molar-refractivity contribution in [1.29, 1.82) is 0 Å². The van der Waals surface area contributed by atoms with E-state index in [4.69, 9.17) is 18.9 Å². The Labute approximate surface area is 176 Å². The van der Waals surface area contributed by atoms with E-state index in [1.54, 1.807) is 31.6 Å². The lowest BCUT2D eigenvalue weighted by molar-refractivity contribution is 0.174. The molecule has 3 heterocycles. The first kappa shape index (κ1) is 19.0. The minimum atomic E-state index is -0.0438. The number of benzene rings is 2. The molecule has 1 aliphatic heterocycles. The fraction of sp³-hybridized carbons (Fsp3) is 0.318. The van der Waals surface area contributed by atoms with E-state index in [1.807, 2.05) is 36.9 Å². The molecule has 0 fully saturated rings. The second kappa shape index (κ2) is 7.07. The molecule has 8 heteroatoms. The van der Waals surface area contributed by atoms with Gasteiger partial charge in [-0.25, -0.2) is 0 Å². The molecular weight excluding hydrogens is 404 g/mol. The van der Waals surface area contributed by atoms with Crippen molar-refractivity contribution in [2.45, 2.75) is 6.54 Å². The summed E-state index contributed by atoms with van der Waals surface area (Å²) in [5.74, 6) is 2.59. The third-order valence-electron chi connectivity index (χ3n) is 5.44. The summed E-state index contributed by atoms with van der Waals surface area (Å²) < 4.78 is 26.1. The summed E-state index contributed by atoms with van der Waals surface area (Å²) in [5, 5.41) is 2.47. The Hall–Kier alpha value is -2.97. The first-order valence-corrected chi connectivity index (χ1v) is 10.4. The van der Waals surface area contributed by atoms with E-state index < -0.39 is 0 Å². The second-order valence-corrected chi connectivity index (χ2v) is 8.55. The monoisotopic (exact) mass is 426 g/mol. The fourth-order valence-corrected chi connectivity index (χ4v) is 5.18. The van der Waals surface area contributed by atoms with Crippen molar-refractivity contribution < 1.29 is 18.9 Å². The van der Waals surface area contributed by atoms with Gasteiger partial charge in [-0.15, -0.1) is 11.3 Å². The third kappa shape index (κ3) is 2.79. The molecule has 4 aromatic rings. The Balaban J connectivity index is 1.92. The van der Waals surface area contributed by atoms with Gasteiger partial charge >= 0.3 is 0 Å². The molecule has 0 N–H and O–H groups in total. The van der Waals surface area contributed by atoms with Gasteiger partial charge < -0.3 is 28.4 Å². The molecule has 0 saturated carbocycles. The predicted molar refractivity (Wildman–Crippen MR) is 119 cm³/mol. The van der Waals surface area contributed by atoms with Crippen molar-refractivity contribution in [3.8, 4) is 23.0 Å². The molecule has 0 radical (unpaired) electrons. The number of pyridine rings is 1. The largest absolute Gasteiger partial charge is 0.493 e. The molecule has 156 valence electrons. The number of rotatable bonds is 5. The van der Waals surface area contributed by atoms with Gasteiger partial charge in [0.15, 0.2) is 23.0 Å². The van der Waals surface area contributed by atoms with Crippen LogP contribution in [0.15, 0.2) is 29.1 Å². The molecular formula is C22H22N2O5S. The van der Waals surface area contributed by atoms with Crippen molar-refractivity contribution in [2.24, 2.45) is 0 Å². The summed E-state index contributed by atoms with van der Waals surface area (Å²) in [6.07, 6.45) is 0. The van der Waals surface area contributed by atoms with Crippen molar-refractivity contribution in [2.75, 3.05) is 41.7 Å². The maximum Gasteiger partial charge on any atom is 0.259 e. The van der Waals surface area contributed by atoms with Crippen molar-refractivity contribution in [3.63, 3.8) is 0 Å². The van der Waals surface area contributed by atoms with Crippen molar-refractivity contribution in [1.82, 2.24) is 9.47 Å². The van der Waals surface area contributed by atoms with E-state index in [0.717, 1.165) is 38.0 Å². The number of methoxy groups -OCH3 is 2. The standard InChI is InChI=1S/C22H22N2O5S/c1-23(2)5-6-24-20-14-9-17-18(29-11-28-17)10-19(14)30-21(20)12-7-15(26-3)16(27-4)8-13(12)22(24)25/h7-10H,5-6,11H2,1-4H3. The Morgan fingerprint density at radius 2 is 1.67 bits per heavy atom. The predicted octanol–water partition coefficient (Wildman–Crippen LogP) is 3.68. The number of hydrogen-bond donors (Lipinski definition) is 0. The smallest absolute Gasteiger partial charge is 0.259 e. The summed E-state index contributed by atoms with van der Waals surface area (Å²) in [6, 6.07) is 7.65. The van der Waals surface area contributed by atoms with Crippen LogP contribution in [0.2, 0.25) is 0 Å². The number of fused-ring (bicyclic) bond motifs is 6. The van der Waals surface area contributed by atoms with Crippen LogP contribution < -0.4 is 24.5 Å². The molecule has 5 rings (SSSR count). The summed E-state index contributed by atoms with van der Waals surface area (Å²) in [4.78, 5) is 15.7. The SMILES string of the molecule is COc1cc2c(=O)n(CCN(C)C)c3c4cc5c(cc4sc3c2cc1OC)OCO5. The summed E-state index contributed by atoms with van der Waals surface area (Å²) >= 11 is 1.64. The molecule has 0 saturated heterocycles. The zero-order valence-corrected chi connectivity index (χ0v) is 18.1. The molecule has 1 aliphatic rings. The molecule has 0 unspecified atom stereocenters. The molecule has 0 amide bonds. The van der Waals surface area contributed by atoms with Gasteiger partial charge in [-0.05, 0) is 32.3 Å². The number of thiophene rings is 1. The van der Waals surface area contributed by atoms with E-state index in [9.17, 15) is 4.79 Å². The maximum atomic E-state index is 13.6. The maximum absolute atomic E-state index is 13.6. The average Bonchev–Trinajstić information content (AvgIpc) is 3.34. The lowest BCUT2D eigenvalue weighted by Crippen LogP contribution is -2.27. The number of nitrogens with zero attached hydrogens (tertiary/aromatic N) is 2. The van der Waals surface area contributed by atoms with Gasteiger partial charge in [0, 0.05) is 34.6 Å². The van der Waals surface area contributed by atoms with Crippen LogP contribution in [-0.2, 0) is 6.54 Å². The van der Waals surface area contributed by atoms with Crippen LogP contribution in [0.5, 0.6) is 23.0 Å². The Morgan fingerprint density at radius 1 is 1.00 bits per heavy atom. The first-order valence-electron chi connectivity index (χ1n) is 9.61. The minimum Gasteiger partial charge on any atom is -0.493 e. The van der Waals surface area contributed by atoms with Gasteiger partial charge in [-0.2, -0.15) is 0 Å². The van der Waals surface area contributed by atoms with E-state index in [0.29, 0.717) is 29.2 Å². The minimum absolute atomic E-state index is 0.0438. The normalized spacial score (nSPS) is 13.1. The summed E-state index contributed by atoms with van der Waals surface area (Å²) in [5.41, 5.74) is 0.873. The second-order valence-electron chi connectivity index (χ2n) is 7.49. The van der Waals surface area contributed by atoms with Crippen LogP contribution in [0, 0.1) is 0 Å². The van der Waals surface area contributed by atoms with Crippen molar-refractivity contribution >= 4 is 42.4 Å². The zero-order valence-electron chi connectivity index (χ0n) is 17.3. The van der Waals surface area contributed by atoms with Crippen LogP contribution in [0.3, 0.4) is 0 Å². The molecule has 0 spiro atoms. The number of aromatic nitrogens is 1. The molecule has 2 aromatic carbocycles. The van der Waals surface area contributed by atoms with Gasteiger partial charge in [0.2, 0.25) is 6.79 Å². The Kier molecular flexibility index (Phi) is 4.48. The molecule has 30 heavy (non-hydrogen) atoms. The lowest BCUT2D eigenvalue weighted by atomic mass is 10.1.